The Labute approximate surface area is 252 Å². The largest absolute Gasteiger partial charge is 0.459 e. The van der Waals surface area contributed by atoms with Crippen molar-refractivity contribution in [1.29, 1.82) is 0 Å². The van der Waals surface area contributed by atoms with E-state index in [1.54, 1.807) is 6.92 Å². The number of carbonyl (C=O) groups is 3. The normalized spacial score (nSPS) is 47.6. The number of rotatable bonds is 6. The summed E-state index contributed by atoms with van der Waals surface area (Å²) in [6.45, 7) is 26.6. The van der Waals surface area contributed by atoms with Gasteiger partial charge in [0.1, 0.15) is 11.7 Å². The van der Waals surface area contributed by atoms with Gasteiger partial charge in [-0.1, -0.05) is 20.8 Å². The van der Waals surface area contributed by atoms with Crippen LogP contribution in [-0.4, -0.2) is 84.8 Å². The molecule has 10 nitrogen and oxygen atoms in total. The molecule has 6 rings (SSSR count). The molecule has 2 saturated carbocycles. The fraction of sp³-hybridized carbons (Fsp3) is 0.897. The van der Waals surface area contributed by atoms with Crippen LogP contribution >= 0.6 is 0 Å². The monoisotopic (exact) mass is 640 g/mol. The molecular weight excluding hydrogens is 593 g/mol. The third-order valence-corrected chi connectivity index (χ3v) is 13.2. The minimum absolute atomic E-state index is 0.218. The zero-order valence-corrected chi connectivity index (χ0v) is 30.3. The number of carbonyl (C=O) groups excluding carboxylic acids is 3. The van der Waals surface area contributed by atoms with Crippen LogP contribution in [0.25, 0.3) is 0 Å². The molecule has 4 heterocycles. The van der Waals surface area contributed by atoms with E-state index in [0.717, 1.165) is 0 Å². The first kappa shape index (κ1) is 30.9. The summed E-state index contributed by atoms with van der Waals surface area (Å²) in [4.78, 5) is 42.2. The highest BCUT2D eigenvalue weighted by Gasteiger charge is 3.04. The van der Waals surface area contributed by atoms with Gasteiger partial charge in [0.15, 0.2) is 37.2 Å². The molecule has 0 radical (unpaired) electrons. The van der Waals surface area contributed by atoms with Crippen molar-refractivity contribution in [3.05, 3.63) is 0 Å². The van der Waals surface area contributed by atoms with E-state index in [0.29, 0.717) is 6.42 Å². The Hall–Kier alpha value is -1.10. The molecule has 4 aliphatic heterocycles. The van der Waals surface area contributed by atoms with Crippen LogP contribution in [0.15, 0.2) is 0 Å². The molecule has 11 unspecified atom stereocenters. The number of esters is 3. The first-order chi connectivity index (χ1) is 18.9. The maximum absolute atomic E-state index is 14.7. The van der Waals surface area contributed by atoms with Crippen LogP contribution in [-0.2, 0) is 46.6 Å². The molecule has 0 aromatic heterocycles. The Morgan fingerprint density at radius 2 is 1.40 bits per heavy atom. The Bertz CT molecular complexity index is 1250. The zero-order valence-electron chi connectivity index (χ0n) is 27.3. The van der Waals surface area contributed by atoms with E-state index in [-0.39, 0.29) is 11.3 Å². The van der Waals surface area contributed by atoms with Crippen molar-refractivity contribution in [2.45, 2.75) is 135 Å². The Balaban J connectivity index is 1.76. The van der Waals surface area contributed by atoms with Gasteiger partial charge < -0.3 is 32.2 Å². The van der Waals surface area contributed by atoms with E-state index in [1.165, 1.54) is 0 Å². The summed E-state index contributed by atoms with van der Waals surface area (Å²) in [5, 5.41) is 0. The SMILES string of the molecule is CC1C(=O)OC2C(O[Si](C)(C)C)C34C5CC(C(C)(C)C)C36C(OC(=O)C6O[Si](C)(C)C)OC4(C(=O)O5)C12O[Si](C)(C)C. The van der Waals surface area contributed by atoms with Gasteiger partial charge in [-0.3, -0.25) is 4.79 Å². The van der Waals surface area contributed by atoms with Crippen LogP contribution in [0.2, 0.25) is 58.9 Å². The predicted octanol–water partition coefficient (Wildman–Crippen LogP) is 4.21. The summed E-state index contributed by atoms with van der Waals surface area (Å²) in [6.07, 6.45) is -4.10. The van der Waals surface area contributed by atoms with Crippen LogP contribution in [0.4, 0.5) is 0 Å². The fourth-order valence-corrected chi connectivity index (χ4v) is 13.3. The topological polar surface area (TPSA) is 116 Å². The summed E-state index contributed by atoms with van der Waals surface area (Å²) >= 11 is 0. The molecule has 2 spiro atoms. The van der Waals surface area contributed by atoms with Crippen LogP contribution in [0.5, 0.6) is 0 Å². The Morgan fingerprint density at radius 3 is 1.93 bits per heavy atom. The van der Waals surface area contributed by atoms with Gasteiger partial charge in [0, 0.05) is 0 Å². The van der Waals surface area contributed by atoms with Crippen molar-refractivity contribution in [3.8, 4) is 0 Å². The third-order valence-electron chi connectivity index (χ3n) is 10.3. The highest BCUT2D eigenvalue weighted by Crippen LogP contribution is 2.86. The van der Waals surface area contributed by atoms with Crippen molar-refractivity contribution in [2.24, 2.45) is 28.1 Å². The highest BCUT2D eigenvalue weighted by atomic mass is 28.4. The number of hydrogen-bond acceptors (Lipinski definition) is 10. The number of fused-ring (bicyclic) bond motifs is 1. The number of hydrogen-bond donors (Lipinski definition) is 0. The van der Waals surface area contributed by atoms with E-state index in [9.17, 15) is 14.4 Å². The van der Waals surface area contributed by atoms with Gasteiger partial charge >= 0.3 is 17.9 Å². The average Bonchev–Trinajstić information content (AvgIpc) is 3.49. The van der Waals surface area contributed by atoms with Crippen LogP contribution < -0.4 is 0 Å². The maximum Gasteiger partial charge on any atom is 0.342 e. The van der Waals surface area contributed by atoms with Crippen molar-refractivity contribution >= 4 is 42.9 Å². The lowest BCUT2D eigenvalue weighted by Gasteiger charge is -2.51. The Morgan fingerprint density at radius 1 is 0.810 bits per heavy atom. The molecular formula is C29H48O10Si3. The molecule has 42 heavy (non-hydrogen) atoms. The van der Waals surface area contributed by atoms with Gasteiger partial charge in [0.25, 0.3) is 0 Å². The molecule has 13 heteroatoms. The molecule has 2 aliphatic carbocycles. The van der Waals surface area contributed by atoms with Gasteiger partial charge in [0.2, 0.25) is 11.9 Å². The number of ether oxygens (including phenoxy) is 4. The summed E-state index contributed by atoms with van der Waals surface area (Å²) in [5.41, 5.74) is -6.14. The quantitative estimate of drug-likeness (QED) is 0.238. The van der Waals surface area contributed by atoms with Gasteiger partial charge in [-0.05, 0) is 83.6 Å². The van der Waals surface area contributed by atoms with Gasteiger partial charge in [-0.25, -0.2) is 9.59 Å². The second-order valence-electron chi connectivity index (χ2n) is 17.3. The molecule has 6 fully saturated rings. The molecule has 0 bridgehead atoms. The van der Waals surface area contributed by atoms with Gasteiger partial charge in [-0.15, -0.1) is 0 Å². The minimum atomic E-state index is -2.52. The molecule has 0 aromatic carbocycles. The minimum Gasteiger partial charge on any atom is -0.459 e. The fourth-order valence-electron chi connectivity index (χ4n) is 9.79. The lowest BCUT2D eigenvalue weighted by atomic mass is 9.51. The van der Waals surface area contributed by atoms with E-state index >= 15 is 0 Å². The second kappa shape index (κ2) is 8.38. The van der Waals surface area contributed by atoms with Crippen molar-refractivity contribution in [2.75, 3.05) is 0 Å². The van der Waals surface area contributed by atoms with Crippen molar-refractivity contribution in [1.82, 2.24) is 0 Å². The molecule has 236 valence electrons. The summed E-state index contributed by atoms with van der Waals surface area (Å²) in [7, 11) is -7.30. The van der Waals surface area contributed by atoms with Crippen LogP contribution in [0, 0.1) is 28.1 Å². The molecule has 4 saturated heterocycles. The first-order valence-corrected chi connectivity index (χ1v) is 25.5. The zero-order chi connectivity index (χ0) is 31.4. The van der Waals surface area contributed by atoms with E-state index < -0.39 is 102 Å². The second-order valence-corrected chi connectivity index (χ2v) is 30.6. The average molecular weight is 641 g/mol. The Kier molecular flexibility index (Phi) is 6.16. The molecule has 6 aliphatic rings. The molecule has 0 amide bonds. The van der Waals surface area contributed by atoms with E-state index in [1.807, 2.05) is 39.3 Å². The van der Waals surface area contributed by atoms with Crippen LogP contribution in [0.3, 0.4) is 0 Å². The highest BCUT2D eigenvalue weighted by molar-refractivity contribution is 6.70. The maximum atomic E-state index is 14.7. The predicted molar refractivity (Wildman–Crippen MR) is 159 cm³/mol. The van der Waals surface area contributed by atoms with Crippen LogP contribution in [0.1, 0.15) is 34.1 Å². The first-order valence-electron chi connectivity index (χ1n) is 15.3. The standard InChI is InChI=1S/C29H48O10Si3/c1-15-21(30)34-19-18(37-40(5,6)7)27-17-14-16(25(2,3)4)26(27)20(38-41(8,9)10)22(31)35-24(26)36-29(27,23(32)33-17)28(15,19)39-42(11,12)13/h15-20,24H,14H2,1-13H3. The van der Waals surface area contributed by atoms with E-state index in [2.05, 4.69) is 40.4 Å². The van der Waals surface area contributed by atoms with Gasteiger partial charge in [-0.2, -0.15) is 0 Å². The summed E-state index contributed by atoms with van der Waals surface area (Å²) in [6, 6.07) is 0. The van der Waals surface area contributed by atoms with E-state index in [4.69, 9.17) is 32.2 Å². The molecule has 11 atom stereocenters. The summed E-state index contributed by atoms with van der Waals surface area (Å²) in [5.74, 6) is -2.62. The lowest BCUT2D eigenvalue weighted by molar-refractivity contribution is -0.235. The summed E-state index contributed by atoms with van der Waals surface area (Å²) < 4.78 is 47.0. The van der Waals surface area contributed by atoms with Crippen molar-refractivity contribution in [3.63, 3.8) is 0 Å². The molecule has 0 N–H and O–H groups in total. The van der Waals surface area contributed by atoms with Gasteiger partial charge in [0.05, 0.1) is 22.9 Å². The van der Waals surface area contributed by atoms with Crippen molar-refractivity contribution < 1.29 is 46.6 Å². The smallest absolute Gasteiger partial charge is 0.342 e. The third kappa shape index (κ3) is 3.36. The lowest BCUT2D eigenvalue weighted by Crippen LogP contribution is -2.70. The molecule has 0 aromatic rings.